The van der Waals surface area contributed by atoms with Gasteiger partial charge in [0.15, 0.2) is 0 Å². The maximum atomic E-state index is 11.0. The van der Waals surface area contributed by atoms with E-state index in [0.717, 1.165) is 38.8 Å². The molecule has 1 fully saturated rings. The van der Waals surface area contributed by atoms with Crippen LogP contribution in [0, 0.1) is 5.92 Å². The maximum Gasteiger partial charge on any atom is 0.308 e. The molecular weight excluding hydrogens is 178 g/mol. The van der Waals surface area contributed by atoms with Gasteiger partial charge in [0, 0.05) is 6.04 Å². The minimum absolute atomic E-state index is 0.124. The molecule has 1 saturated carbocycles. The molecular formula is C11H21NO2. The lowest BCUT2D eigenvalue weighted by Gasteiger charge is -2.30. The molecule has 0 heterocycles. The second-order valence-corrected chi connectivity index (χ2v) is 4.07. The van der Waals surface area contributed by atoms with Crippen molar-refractivity contribution in [2.45, 2.75) is 45.6 Å². The molecule has 0 aromatic rings. The molecule has 0 amide bonds. The molecule has 0 aromatic heterocycles. The Hall–Kier alpha value is -0.570. The van der Waals surface area contributed by atoms with Gasteiger partial charge < -0.3 is 5.11 Å². The minimum atomic E-state index is -0.609. The van der Waals surface area contributed by atoms with E-state index in [9.17, 15) is 4.79 Å². The van der Waals surface area contributed by atoms with Crippen molar-refractivity contribution in [3.63, 3.8) is 0 Å². The predicted molar refractivity (Wildman–Crippen MR) is 56.3 cm³/mol. The Kier molecular flexibility index (Phi) is 4.39. The number of hydrogen-bond donors (Lipinski definition) is 1. The molecule has 1 aliphatic carbocycles. The number of hydrogen-bond acceptors (Lipinski definition) is 2. The van der Waals surface area contributed by atoms with Crippen LogP contribution in [0.15, 0.2) is 0 Å². The molecule has 0 aromatic carbocycles. The largest absolute Gasteiger partial charge is 0.481 e. The number of rotatable bonds is 5. The van der Waals surface area contributed by atoms with E-state index in [4.69, 9.17) is 5.11 Å². The highest BCUT2D eigenvalue weighted by Crippen LogP contribution is 2.30. The molecule has 82 valence electrons. The third kappa shape index (κ3) is 2.47. The van der Waals surface area contributed by atoms with E-state index < -0.39 is 5.97 Å². The lowest BCUT2D eigenvalue weighted by molar-refractivity contribution is -0.143. The summed E-state index contributed by atoms with van der Waals surface area (Å²) in [4.78, 5) is 13.3. The van der Waals surface area contributed by atoms with Gasteiger partial charge in [-0.3, -0.25) is 9.69 Å². The predicted octanol–water partition coefficient (Wildman–Crippen LogP) is 1.97. The van der Waals surface area contributed by atoms with Crippen molar-refractivity contribution in [3.05, 3.63) is 0 Å². The lowest BCUT2D eigenvalue weighted by atomic mass is 10.0. The molecule has 3 nitrogen and oxygen atoms in total. The van der Waals surface area contributed by atoms with Crippen LogP contribution in [0.1, 0.15) is 39.5 Å². The smallest absolute Gasteiger partial charge is 0.308 e. The third-order valence-corrected chi connectivity index (χ3v) is 3.18. The van der Waals surface area contributed by atoms with Crippen LogP contribution in [0.2, 0.25) is 0 Å². The molecule has 0 saturated heterocycles. The summed E-state index contributed by atoms with van der Waals surface area (Å²) >= 11 is 0. The van der Waals surface area contributed by atoms with Crippen LogP contribution in [0.4, 0.5) is 0 Å². The fraction of sp³-hybridized carbons (Fsp3) is 0.909. The van der Waals surface area contributed by atoms with Crippen LogP contribution in [0.3, 0.4) is 0 Å². The molecule has 1 aliphatic rings. The van der Waals surface area contributed by atoms with Gasteiger partial charge in [-0.05, 0) is 32.4 Å². The first-order valence-electron chi connectivity index (χ1n) is 5.67. The van der Waals surface area contributed by atoms with Gasteiger partial charge in [-0.25, -0.2) is 0 Å². The Balaban J connectivity index is 2.59. The summed E-state index contributed by atoms with van der Waals surface area (Å²) in [5.74, 6) is -0.733. The van der Waals surface area contributed by atoms with Gasteiger partial charge in [-0.15, -0.1) is 0 Å². The molecule has 0 radical (unpaired) electrons. The molecule has 1 rings (SSSR count). The molecule has 0 bridgehead atoms. The highest BCUT2D eigenvalue weighted by molar-refractivity contribution is 5.71. The van der Waals surface area contributed by atoms with Crippen molar-refractivity contribution in [2.75, 3.05) is 13.1 Å². The minimum Gasteiger partial charge on any atom is -0.481 e. The summed E-state index contributed by atoms with van der Waals surface area (Å²) in [5.41, 5.74) is 0. The first kappa shape index (κ1) is 11.5. The van der Waals surface area contributed by atoms with Crippen molar-refractivity contribution < 1.29 is 9.90 Å². The molecule has 1 N–H and O–H groups in total. The quantitative estimate of drug-likeness (QED) is 0.736. The van der Waals surface area contributed by atoms with E-state index in [0.29, 0.717) is 0 Å². The van der Waals surface area contributed by atoms with Gasteiger partial charge >= 0.3 is 5.97 Å². The van der Waals surface area contributed by atoms with Crippen molar-refractivity contribution in [1.82, 2.24) is 4.90 Å². The van der Waals surface area contributed by atoms with Crippen LogP contribution >= 0.6 is 0 Å². The molecule has 14 heavy (non-hydrogen) atoms. The summed E-state index contributed by atoms with van der Waals surface area (Å²) in [6, 6.07) is 0.289. The third-order valence-electron chi connectivity index (χ3n) is 3.18. The van der Waals surface area contributed by atoms with E-state index in [1.807, 2.05) is 0 Å². The van der Waals surface area contributed by atoms with Crippen LogP contribution < -0.4 is 0 Å². The van der Waals surface area contributed by atoms with E-state index in [1.165, 1.54) is 0 Å². The number of aliphatic carboxylic acids is 1. The molecule has 0 spiro atoms. The van der Waals surface area contributed by atoms with Gasteiger partial charge in [-0.2, -0.15) is 0 Å². The topological polar surface area (TPSA) is 40.5 Å². The monoisotopic (exact) mass is 199 g/mol. The Morgan fingerprint density at radius 3 is 2.64 bits per heavy atom. The van der Waals surface area contributed by atoms with Crippen LogP contribution in [0.5, 0.6) is 0 Å². The second kappa shape index (κ2) is 5.35. The first-order valence-corrected chi connectivity index (χ1v) is 5.67. The van der Waals surface area contributed by atoms with E-state index in [-0.39, 0.29) is 12.0 Å². The van der Waals surface area contributed by atoms with Gasteiger partial charge in [0.25, 0.3) is 0 Å². The summed E-state index contributed by atoms with van der Waals surface area (Å²) in [6.07, 6.45) is 4.10. The SMILES string of the molecule is CCCN(CC)C1CCCC1C(=O)O. The average Bonchev–Trinajstić information content (AvgIpc) is 2.62. The number of carboxylic acids is 1. The normalized spacial score (nSPS) is 27.1. The molecule has 3 heteroatoms. The Labute approximate surface area is 86.1 Å². The zero-order valence-electron chi connectivity index (χ0n) is 9.20. The van der Waals surface area contributed by atoms with Gasteiger partial charge in [0.05, 0.1) is 5.92 Å². The van der Waals surface area contributed by atoms with Gasteiger partial charge in [0.2, 0.25) is 0 Å². The summed E-state index contributed by atoms with van der Waals surface area (Å²) in [6.45, 7) is 6.27. The Morgan fingerprint density at radius 2 is 2.14 bits per heavy atom. The van der Waals surface area contributed by atoms with Crippen LogP contribution in [-0.2, 0) is 4.79 Å². The maximum absolute atomic E-state index is 11.0. The standard InChI is InChI=1S/C11H21NO2/c1-3-8-12(4-2)10-7-5-6-9(10)11(13)14/h9-10H,3-8H2,1-2H3,(H,13,14). The molecule has 0 aliphatic heterocycles. The fourth-order valence-electron chi connectivity index (χ4n) is 2.51. The average molecular weight is 199 g/mol. The number of nitrogens with zero attached hydrogens (tertiary/aromatic N) is 1. The van der Waals surface area contributed by atoms with Crippen molar-refractivity contribution >= 4 is 5.97 Å². The van der Waals surface area contributed by atoms with E-state index in [1.54, 1.807) is 0 Å². The molecule has 2 atom stereocenters. The Bertz CT molecular complexity index is 194. The van der Waals surface area contributed by atoms with Crippen molar-refractivity contribution in [2.24, 2.45) is 5.92 Å². The van der Waals surface area contributed by atoms with Gasteiger partial charge in [-0.1, -0.05) is 20.3 Å². The summed E-state index contributed by atoms with van der Waals surface area (Å²) in [5, 5.41) is 9.07. The first-order chi connectivity index (χ1) is 6.70. The van der Waals surface area contributed by atoms with Crippen LogP contribution in [0.25, 0.3) is 0 Å². The zero-order chi connectivity index (χ0) is 10.6. The molecule has 2 unspecified atom stereocenters. The second-order valence-electron chi connectivity index (χ2n) is 4.07. The highest BCUT2D eigenvalue weighted by atomic mass is 16.4. The zero-order valence-corrected chi connectivity index (χ0v) is 9.20. The summed E-state index contributed by atoms with van der Waals surface area (Å²) < 4.78 is 0. The number of carboxylic acid groups (broad SMARTS) is 1. The van der Waals surface area contributed by atoms with E-state index >= 15 is 0 Å². The lowest BCUT2D eigenvalue weighted by Crippen LogP contribution is -2.40. The fourth-order valence-corrected chi connectivity index (χ4v) is 2.51. The van der Waals surface area contributed by atoms with Crippen molar-refractivity contribution in [1.29, 1.82) is 0 Å². The van der Waals surface area contributed by atoms with E-state index in [2.05, 4.69) is 18.7 Å². The Morgan fingerprint density at radius 1 is 1.43 bits per heavy atom. The van der Waals surface area contributed by atoms with Crippen molar-refractivity contribution in [3.8, 4) is 0 Å². The highest BCUT2D eigenvalue weighted by Gasteiger charge is 2.35. The van der Waals surface area contributed by atoms with Gasteiger partial charge in [0.1, 0.15) is 0 Å². The number of carbonyl (C=O) groups is 1. The van der Waals surface area contributed by atoms with Crippen LogP contribution in [-0.4, -0.2) is 35.1 Å². The summed E-state index contributed by atoms with van der Waals surface area (Å²) in [7, 11) is 0.